The molecule has 2 heterocycles. The van der Waals surface area contributed by atoms with Crippen molar-refractivity contribution in [3.63, 3.8) is 0 Å². The van der Waals surface area contributed by atoms with Gasteiger partial charge >= 0.3 is 5.97 Å². The number of carboxylic acids is 1. The van der Waals surface area contributed by atoms with Gasteiger partial charge in [0, 0.05) is 4.88 Å². The number of nitrogens with zero attached hydrogens (tertiary/aromatic N) is 3. The van der Waals surface area contributed by atoms with Gasteiger partial charge in [0.15, 0.2) is 0 Å². The summed E-state index contributed by atoms with van der Waals surface area (Å²) >= 11 is 1.49. The minimum atomic E-state index is -0.989. The zero-order valence-corrected chi connectivity index (χ0v) is 12.6. The first kappa shape index (κ1) is 15.2. The highest BCUT2D eigenvalue weighted by atomic mass is 32.1. The average Bonchev–Trinajstić information content (AvgIpc) is 3.02. The lowest BCUT2D eigenvalue weighted by molar-refractivity contribution is -0.137. The average molecular weight is 308 g/mol. The molecule has 21 heavy (non-hydrogen) atoms. The van der Waals surface area contributed by atoms with E-state index in [9.17, 15) is 9.59 Å². The van der Waals surface area contributed by atoms with Gasteiger partial charge in [-0.3, -0.25) is 9.59 Å². The third-order valence-electron chi connectivity index (χ3n) is 2.88. The Hall–Kier alpha value is -2.22. The number of hydrogen-bond donors (Lipinski definition) is 2. The van der Waals surface area contributed by atoms with Crippen LogP contribution >= 0.6 is 11.3 Å². The van der Waals surface area contributed by atoms with Gasteiger partial charge in [-0.2, -0.15) is 0 Å². The van der Waals surface area contributed by atoms with Crippen molar-refractivity contribution in [2.75, 3.05) is 0 Å². The third kappa shape index (κ3) is 3.88. The fraction of sp³-hybridized carbons (Fsp3) is 0.385. The lowest BCUT2D eigenvalue weighted by Crippen LogP contribution is -2.22. The van der Waals surface area contributed by atoms with E-state index in [1.807, 2.05) is 13.0 Å². The van der Waals surface area contributed by atoms with Crippen molar-refractivity contribution < 1.29 is 14.7 Å². The number of carboxylic acid groups (broad SMARTS) is 1. The molecular weight excluding hydrogens is 292 g/mol. The Morgan fingerprint density at radius 3 is 2.86 bits per heavy atom. The SMILES string of the molecule is CCc1sc(C(=O)NCc2cn(CC(=O)O)nn2)cc1C. The van der Waals surface area contributed by atoms with E-state index in [2.05, 4.69) is 22.6 Å². The van der Waals surface area contributed by atoms with Crippen molar-refractivity contribution in [1.29, 1.82) is 0 Å². The predicted molar refractivity (Wildman–Crippen MR) is 77.3 cm³/mol. The van der Waals surface area contributed by atoms with E-state index in [1.165, 1.54) is 27.1 Å². The number of aromatic nitrogens is 3. The minimum Gasteiger partial charge on any atom is -0.480 e. The summed E-state index contributed by atoms with van der Waals surface area (Å²) in [4.78, 5) is 24.4. The van der Waals surface area contributed by atoms with Crippen LogP contribution in [0.15, 0.2) is 12.3 Å². The van der Waals surface area contributed by atoms with Gasteiger partial charge in [0.1, 0.15) is 12.2 Å². The first-order chi connectivity index (χ1) is 9.99. The van der Waals surface area contributed by atoms with Gasteiger partial charge in [0.2, 0.25) is 0 Å². The van der Waals surface area contributed by atoms with Gasteiger partial charge in [0.25, 0.3) is 5.91 Å². The number of thiophene rings is 1. The van der Waals surface area contributed by atoms with Gasteiger partial charge in [-0.05, 0) is 25.0 Å². The van der Waals surface area contributed by atoms with Crippen LogP contribution < -0.4 is 5.32 Å². The number of rotatable bonds is 6. The van der Waals surface area contributed by atoms with Crippen molar-refractivity contribution in [3.05, 3.63) is 33.3 Å². The van der Waals surface area contributed by atoms with Crippen molar-refractivity contribution in [2.45, 2.75) is 33.4 Å². The maximum Gasteiger partial charge on any atom is 0.325 e. The number of nitrogens with one attached hydrogen (secondary N) is 1. The predicted octanol–water partition coefficient (Wildman–Crippen LogP) is 1.23. The molecule has 0 bridgehead atoms. The molecule has 0 aliphatic carbocycles. The monoisotopic (exact) mass is 308 g/mol. The molecule has 0 radical (unpaired) electrons. The molecule has 0 fully saturated rings. The number of hydrogen-bond acceptors (Lipinski definition) is 5. The fourth-order valence-corrected chi connectivity index (χ4v) is 2.91. The van der Waals surface area contributed by atoms with Gasteiger partial charge in [-0.15, -0.1) is 16.4 Å². The van der Waals surface area contributed by atoms with E-state index in [0.29, 0.717) is 10.6 Å². The molecule has 2 aromatic rings. The molecule has 0 aliphatic heterocycles. The van der Waals surface area contributed by atoms with E-state index in [4.69, 9.17) is 5.11 Å². The van der Waals surface area contributed by atoms with E-state index in [1.54, 1.807) is 0 Å². The van der Waals surface area contributed by atoms with Gasteiger partial charge < -0.3 is 10.4 Å². The molecule has 0 aliphatic rings. The molecule has 0 atom stereocenters. The minimum absolute atomic E-state index is 0.157. The summed E-state index contributed by atoms with van der Waals surface area (Å²) in [6.07, 6.45) is 2.42. The Kier molecular flexibility index (Phi) is 4.69. The van der Waals surface area contributed by atoms with Crippen LogP contribution in [0.2, 0.25) is 0 Å². The molecular formula is C13H16N4O3S. The quantitative estimate of drug-likeness (QED) is 0.836. The van der Waals surface area contributed by atoms with E-state index < -0.39 is 5.97 Å². The maximum atomic E-state index is 12.0. The topological polar surface area (TPSA) is 97.1 Å². The second-order valence-corrected chi connectivity index (χ2v) is 5.69. The molecule has 0 spiro atoms. The molecule has 0 unspecified atom stereocenters. The Morgan fingerprint density at radius 2 is 2.24 bits per heavy atom. The highest BCUT2D eigenvalue weighted by Gasteiger charge is 2.12. The van der Waals surface area contributed by atoms with Crippen molar-refractivity contribution in [2.24, 2.45) is 0 Å². The summed E-state index contributed by atoms with van der Waals surface area (Å²) in [6.45, 7) is 4.02. The zero-order chi connectivity index (χ0) is 15.4. The first-order valence-electron chi connectivity index (χ1n) is 6.48. The van der Waals surface area contributed by atoms with E-state index in [0.717, 1.165) is 12.0 Å². The summed E-state index contributed by atoms with van der Waals surface area (Å²) < 4.78 is 1.22. The third-order valence-corrected chi connectivity index (χ3v) is 4.26. The summed E-state index contributed by atoms with van der Waals surface area (Å²) in [5, 5.41) is 18.9. The number of aliphatic carboxylic acids is 1. The largest absolute Gasteiger partial charge is 0.480 e. The van der Waals surface area contributed by atoms with E-state index >= 15 is 0 Å². The van der Waals surface area contributed by atoms with Gasteiger partial charge in [-0.25, -0.2) is 4.68 Å². The van der Waals surface area contributed by atoms with Crippen LogP contribution in [0.1, 0.15) is 32.7 Å². The molecule has 7 nitrogen and oxygen atoms in total. The Morgan fingerprint density at radius 1 is 1.48 bits per heavy atom. The summed E-state index contributed by atoms with van der Waals surface area (Å²) in [5.74, 6) is -1.15. The normalized spacial score (nSPS) is 10.6. The Bertz CT molecular complexity index is 662. The van der Waals surface area contributed by atoms with E-state index in [-0.39, 0.29) is 19.0 Å². The number of carbonyl (C=O) groups excluding carboxylic acids is 1. The fourth-order valence-electron chi connectivity index (χ4n) is 1.88. The molecule has 0 aromatic carbocycles. The van der Waals surface area contributed by atoms with Gasteiger partial charge in [0.05, 0.1) is 17.6 Å². The zero-order valence-electron chi connectivity index (χ0n) is 11.8. The number of carbonyl (C=O) groups is 2. The second-order valence-electron chi connectivity index (χ2n) is 4.55. The van der Waals surface area contributed by atoms with Crippen LogP contribution in [-0.2, 0) is 24.3 Å². The number of amides is 1. The summed E-state index contributed by atoms with van der Waals surface area (Å²) in [7, 11) is 0. The van der Waals surface area contributed by atoms with Crippen molar-refractivity contribution >= 4 is 23.2 Å². The summed E-state index contributed by atoms with van der Waals surface area (Å²) in [5.41, 5.74) is 1.65. The first-order valence-corrected chi connectivity index (χ1v) is 7.29. The highest BCUT2D eigenvalue weighted by molar-refractivity contribution is 7.14. The molecule has 2 N–H and O–H groups in total. The van der Waals surface area contributed by atoms with Crippen LogP contribution in [0.5, 0.6) is 0 Å². The molecule has 0 saturated heterocycles. The van der Waals surface area contributed by atoms with Crippen molar-refractivity contribution in [1.82, 2.24) is 20.3 Å². The lowest BCUT2D eigenvalue weighted by Gasteiger charge is -1.99. The highest BCUT2D eigenvalue weighted by Crippen LogP contribution is 2.22. The standard InChI is InChI=1S/C13H16N4O3S/c1-3-10-8(2)4-11(21-10)13(20)14-5-9-6-17(16-15-9)7-12(18)19/h4,6H,3,5,7H2,1-2H3,(H,14,20)(H,18,19). The van der Waals surface area contributed by atoms with Crippen LogP contribution in [-0.4, -0.2) is 32.0 Å². The molecule has 8 heteroatoms. The molecule has 2 rings (SSSR count). The number of aryl methyl sites for hydroxylation is 2. The molecule has 0 saturated carbocycles. The van der Waals surface area contributed by atoms with Crippen molar-refractivity contribution in [3.8, 4) is 0 Å². The molecule has 112 valence electrons. The Balaban J connectivity index is 1.94. The lowest BCUT2D eigenvalue weighted by atomic mass is 10.2. The van der Waals surface area contributed by atoms with Crippen LogP contribution in [0.4, 0.5) is 0 Å². The maximum absolute atomic E-state index is 12.0. The van der Waals surface area contributed by atoms with Crippen LogP contribution in [0.3, 0.4) is 0 Å². The van der Waals surface area contributed by atoms with Crippen LogP contribution in [0.25, 0.3) is 0 Å². The molecule has 2 aromatic heterocycles. The van der Waals surface area contributed by atoms with Crippen LogP contribution in [0, 0.1) is 6.92 Å². The second kappa shape index (κ2) is 6.49. The van der Waals surface area contributed by atoms with Gasteiger partial charge in [-0.1, -0.05) is 12.1 Å². The Labute approximate surface area is 125 Å². The molecule has 1 amide bonds. The summed E-state index contributed by atoms with van der Waals surface area (Å²) in [6, 6.07) is 1.88. The smallest absolute Gasteiger partial charge is 0.325 e.